The molecule has 5 heteroatoms. The van der Waals surface area contributed by atoms with Crippen molar-refractivity contribution in [3.05, 3.63) is 135 Å². The molecule has 1 N–H and O–H groups in total. The lowest BCUT2D eigenvalue weighted by molar-refractivity contribution is -0.142. The molecular weight excluding hydrogens is 520 g/mol. The lowest BCUT2D eigenvalue weighted by Gasteiger charge is -2.36. The van der Waals surface area contributed by atoms with E-state index in [1.807, 2.05) is 36.4 Å². The first kappa shape index (κ1) is 28.4. The van der Waals surface area contributed by atoms with Crippen molar-refractivity contribution in [2.75, 3.05) is 6.61 Å². The average Bonchev–Trinajstić information content (AvgIpc) is 2.99. The molecule has 0 saturated carbocycles. The van der Waals surface area contributed by atoms with E-state index in [0.29, 0.717) is 37.7 Å². The van der Waals surface area contributed by atoms with E-state index < -0.39 is 0 Å². The van der Waals surface area contributed by atoms with E-state index in [1.54, 1.807) is 6.07 Å². The summed E-state index contributed by atoms with van der Waals surface area (Å²) in [6.07, 6.45) is 2.68. The maximum Gasteiger partial charge on any atom is 0.134 e. The minimum atomic E-state index is -0.246. The van der Waals surface area contributed by atoms with Gasteiger partial charge in [-0.2, -0.15) is 0 Å². The van der Waals surface area contributed by atoms with Crippen LogP contribution < -0.4 is 0 Å². The van der Waals surface area contributed by atoms with Crippen molar-refractivity contribution in [3.8, 4) is 5.75 Å². The molecule has 4 nitrogen and oxygen atoms in total. The predicted molar refractivity (Wildman–Crippen MR) is 160 cm³/mol. The molecule has 3 atom stereocenters. The molecule has 0 bridgehead atoms. The minimum Gasteiger partial charge on any atom is -0.506 e. The minimum absolute atomic E-state index is 0.00728. The summed E-state index contributed by atoms with van der Waals surface area (Å²) in [6.45, 7) is 3.69. The van der Waals surface area contributed by atoms with Crippen LogP contribution in [0.1, 0.15) is 59.3 Å². The third-order valence-corrected chi connectivity index (χ3v) is 7.89. The summed E-state index contributed by atoms with van der Waals surface area (Å²) >= 11 is 6.58. The van der Waals surface area contributed by atoms with Crippen molar-refractivity contribution < 1.29 is 19.3 Å². The highest BCUT2D eigenvalue weighted by atomic mass is 35.5. The van der Waals surface area contributed by atoms with Gasteiger partial charge in [0, 0.05) is 12.8 Å². The van der Waals surface area contributed by atoms with Gasteiger partial charge < -0.3 is 19.3 Å². The zero-order chi connectivity index (χ0) is 27.7. The molecule has 0 amide bonds. The van der Waals surface area contributed by atoms with Crippen LogP contribution in [0.4, 0.5) is 0 Å². The Balaban J connectivity index is 1.32. The lowest BCUT2D eigenvalue weighted by Crippen LogP contribution is -2.35. The van der Waals surface area contributed by atoms with Crippen LogP contribution in [0.25, 0.3) is 0 Å². The van der Waals surface area contributed by atoms with E-state index in [0.717, 1.165) is 40.7 Å². The number of halogens is 1. The highest BCUT2D eigenvalue weighted by molar-refractivity contribution is 6.32. The fraction of sp³-hybridized carbons (Fsp3) is 0.314. The van der Waals surface area contributed by atoms with E-state index in [2.05, 4.69) is 61.5 Å². The summed E-state index contributed by atoms with van der Waals surface area (Å²) in [6, 6.07) is 32.7. The molecule has 1 heterocycles. The van der Waals surface area contributed by atoms with Crippen molar-refractivity contribution in [1.82, 2.24) is 0 Å². The van der Waals surface area contributed by atoms with Gasteiger partial charge in [0.1, 0.15) is 5.75 Å². The number of aryl methyl sites for hydroxylation is 1. The molecule has 0 spiro atoms. The molecule has 1 aliphatic rings. The molecule has 0 aromatic heterocycles. The first-order valence-electron chi connectivity index (χ1n) is 14.1. The molecule has 4 aromatic carbocycles. The molecule has 40 heavy (non-hydrogen) atoms. The van der Waals surface area contributed by atoms with Crippen LogP contribution >= 0.6 is 11.6 Å². The molecule has 4 aromatic rings. The van der Waals surface area contributed by atoms with Crippen LogP contribution in [-0.2, 0) is 40.3 Å². The third-order valence-electron chi connectivity index (χ3n) is 7.45. The Hall–Kier alpha value is -3.15. The van der Waals surface area contributed by atoms with E-state index in [4.69, 9.17) is 25.8 Å². The highest BCUT2D eigenvalue weighted by Gasteiger charge is 2.32. The van der Waals surface area contributed by atoms with Gasteiger partial charge in [0.2, 0.25) is 0 Å². The van der Waals surface area contributed by atoms with Gasteiger partial charge in [-0.1, -0.05) is 110 Å². The lowest BCUT2D eigenvalue weighted by atomic mass is 9.93. The van der Waals surface area contributed by atoms with Crippen molar-refractivity contribution in [3.63, 3.8) is 0 Å². The fourth-order valence-corrected chi connectivity index (χ4v) is 5.40. The van der Waals surface area contributed by atoms with Gasteiger partial charge in [0.15, 0.2) is 0 Å². The summed E-state index contributed by atoms with van der Waals surface area (Å²) in [5, 5.41) is 11.2. The van der Waals surface area contributed by atoms with Crippen LogP contribution in [-0.4, -0.2) is 23.9 Å². The first-order valence-corrected chi connectivity index (χ1v) is 14.5. The molecule has 0 radical (unpaired) electrons. The number of hydrogen-bond acceptors (Lipinski definition) is 4. The maximum atomic E-state index is 10.8. The zero-order valence-corrected chi connectivity index (χ0v) is 23.7. The van der Waals surface area contributed by atoms with Crippen LogP contribution in [0.2, 0.25) is 5.02 Å². The standard InChI is InChI=1S/C35H37ClO4/c1-2-25-13-15-26(16-14-25)17-30-18-29(19-33(37)35(30)36)34-21-31(39-23-28-11-7-4-8-12-28)20-32(40-34)24-38-22-27-9-5-3-6-10-27/h3-16,18-19,31-32,34,37H,2,17,20-24H2,1H3. The molecule has 0 aliphatic carbocycles. The Labute approximate surface area is 242 Å². The van der Waals surface area contributed by atoms with Crippen molar-refractivity contribution >= 4 is 11.6 Å². The summed E-state index contributed by atoms with van der Waals surface area (Å²) < 4.78 is 19.0. The second-order valence-corrected chi connectivity index (χ2v) is 10.9. The normalized spacial score (nSPS) is 19.0. The Morgan fingerprint density at radius 3 is 2.12 bits per heavy atom. The van der Waals surface area contributed by atoms with Gasteiger partial charge in [-0.05, 0) is 52.3 Å². The molecule has 1 saturated heterocycles. The topological polar surface area (TPSA) is 47.9 Å². The van der Waals surface area contributed by atoms with Gasteiger partial charge in [-0.15, -0.1) is 0 Å². The average molecular weight is 557 g/mol. The predicted octanol–water partition coefficient (Wildman–Crippen LogP) is 8.22. The number of benzene rings is 4. The Kier molecular flexibility index (Phi) is 9.90. The van der Waals surface area contributed by atoms with Gasteiger partial charge in [-0.3, -0.25) is 0 Å². The van der Waals surface area contributed by atoms with Gasteiger partial charge >= 0.3 is 0 Å². The fourth-order valence-electron chi connectivity index (χ4n) is 5.22. The van der Waals surface area contributed by atoms with Crippen molar-refractivity contribution in [1.29, 1.82) is 0 Å². The van der Waals surface area contributed by atoms with Crippen LogP contribution in [0.15, 0.2) is 97.1 Å². The molecular formula is C35H37ClO4. The van der Waals surface area contributed by atoms with Gasteiger partial charge in [-0.25, -0.2) is 0 Å². The number of rotatable bonds is 11. The van der Waals surface area contributed by atoms with Crippen LogP contribution in [0, 0.1) is 0 Å². The van der Waals surface area contributed by atoms with Crippen molar-refractivity contribution in [2.24, 2.45) is 0 Å². The monoisotopic (exact) mass is 556 g/mol. The van der Waals surface area contributed by atoms with Gasteiger partial charge in [0.05, 0.1) is 43.2 Å². The van der Waals surface area contributed by atoms with Gasteiger partial charge in [0.25, 0.3) is 0 Å². The Bertz CT molecular complexity index is 1340. The molecule has 5 rings (SSSR count). The second kappa shape index (κ2) is 14.0. The summed E-state index contributed by atoms with van der Waals surface area (Å²) in [5.74, 6) is 0.0761. The number of phenols is 1. The van der Waals surface area contributed by atoms with E-state index in [9.17, 15) is 5.11 Å². The number of ether oxygens (including phenoxy) is 3. The molecule has 208 valence electrons. The maximum absolute atomic E-state index is 10.8. The van der Waals surface area contributed by atoms with Crippen molar-refractivity contribution in [2.45, 2.75) is 64.1 Å². The zero-order valence-electron chi connectivity index (χ0n) is 23.0. The Morgan fingerprint density at radius 1 is 0.800 bits per heavy atom. The SMILES string of the molecule is CCc1ccc(Cc2cc(C3CC(OCc4ccccc4)CC(COCc4ccccc4)O3)cc(O)c2Cl)cc1. The largest absolute Gasteiger partial charge is 0.506 e. The quantitative estimate of drug-likeness (QED) is 0.202. The molecule has 1 fully saturated rings. The van der Waals surface area contributed by atoms with E-state index in [1.165, 1.54) is 5.56 Å². The first-order chi connectivity index (χ1) is 19.6. The summed E-state index contributed by atoms with van der Waals surface area (Å²) in [7, 11) is 0. The summed E-state index contributed by atoms with van der Waals surface area (Å²) in [4.78, 5) is 0. The number of phenolic OH excluding ortho intramolecular Hbond substituents is 1. The molecule has 1 aliphatic heterocycles. The van der Waals surface area contributed by atoms with E-state index >= 15 is 0 Å². The van der Waals surface area contributed by atoms with E-state index in [-0.39, 0.29) is 24.1 Å². The third kappa shape index (κ3) is 7.74. The highest BCUT2D eigenvalue weighted by Crippen LogP contribution is 2.39. The number of hydrogen-bond donors (Lipinski definition) is 1. The Morgan fingerprint density at radius 2 is 1.45 bits per heavy atom. The van der Waals surface area contributed by atoms with Crippen LogP contribution in [0.5, 0.6) is 5.75 Å². The summed E-state index contributed by atoms with van der Waals surface area (Å²) in [5.41, 5.74) is 6.51. The molecule has 3 unspecified atom stereocenters. The number of aromatic hydroxyl groups is 1. The smallest absolute Gasteiger partial charge is 0.134 e. The second-order valence-electron chi connectivity index (χ2n) is 10.5. The van der Waals surface area contributed by atoms with Crippen LogP contribution in [0.3, 0.4) is 0 Å².